The SMILES string of the molecule is C[C@@H](C(=O)N(C)Cc1ccccc1)[NH+]1CCN(S(=O)(=O)c2ccc(F)cc2)CC1. The van der Waals surface area contributed by atoms with Gasteiger partial charge < -0.3 is 9.80 Å². The molecule has 6 nitrogen and oxygen atoms in total. The number of hydrogen-bond donors (Lipinski definition) is 1. The summed E-state index contributed by atoms with van der Waals surface area (Å²) in [7, 11) is -1.86. The van der Waals surface area contributed by atoms with E-state index in [0.717, 1.165) is 22.6 Å². The summed E-state index contributed by atoms with van der Waals surface area (Å²) in [6, 6.07) is 14.4. The molecule has 1 saturated heterocycles. The van der Waals surface area contributed by atoms with Gasteiger partial charge in [0.05, 0.1) is 31.1 Å². The minimum atomic E-state index is -3.65. The van der Waals surface area contributed by atoms with Gasteiger partial charge in [-0.1, -0.05) is 30.3 Å². The molecule has 1 aliphatic rings. The predicted octanol–water partition coefficient (Wildman–Crippen LogP) is 0.762. The van der Waals surface area contributed by atoms with Gasteiger partial charge in [-0.2, -0.15) is 4.31 Å². The molecule has 0 spiro atoms. The van der Waals surface area contributed by atoms with Gasteiger partial charge in [-0.3, -0.25) is 4.79 Å². The Balaban J connectivity index is 1.58. The predicted molar refractivity (Wildman–Crippen MR) is 108 cm³/mol. The second kappa shape index (κ2) is 9.02. The van der Waals surface area contributed by atoms with Crippen molar-refractivity contribution in [2.45, 2.75) is 24.4 Å². The van der Waals surface area contributed by atoms with Gasteiger partial charge in [-0.25, -0.2) is 12.8 Å². The summed E-state index contributed by atoms with van der Waals surface area (Å²) < 4.78 is 40.0. The van der Waals surface area contributed by atoms with E-state index in [4.69, 9.17) is 0 Å². The van der Waals surface area contributed by atoms with Crippen LogP contribution in [-0.4, -0.2) is 62.8 Å². The molecule has 3 rings (SSSR count). The van der Waals surface area contributed by atoms with Gasteiger partial charge >= 0.3 is 0 Å². The molecule has 0 aliphatic carbocycles. The van der Waals surface area contributed by atoms with Crippen molar-refractivity contribution >= 4 is 15.9 Å². The van der Waals surface area contributed by atoms with E-state index in [1.54, 1.807) is 11.9 Å². The topological polar surface area (TPSA) is 62.1 Å². The largest absolute Gasteiger partial charge is 0.336 e. The molecule has 156 valence electrons. The quantitative estimate of drug-likeness (QED) is 0.751. The third-order valence-electron chi connectivity index (χ3n) is 5.44. The molecule has 2 aromatic rings. The molecular weight excluding hydrogens is 393 g/mol. The number of nitrogens with one attached hydrogen (secondary N) is 1. The molecule has 2 aromatic carbocycles. The van der Waals surface area contributed by atoms with Crippen LogP contribution in [-0.2, 0) is 21.4 Å². The molecular formula is C21H27FN3O3S+. The third kappa shape index (κ3) is 5.01. The molecule has 1 fully saturated rings. The van der Waals surface area contributed by atoms with Crippen LogP contribution >= 0.6 is 0 Å². The maximum atomic E-state index is 13.1. The Kier molecular flexibility index (Phi) is 6.66. The number of sulfonamides is 1. The summed E-state index contributed by atoms with van der Waals surface area (Å²) in [5.74, 6) is -0.427. The Morgan fingerprint density at radius 1 is 1.10 bits per heavy atom. The van der Waals surface area contributed by atoms with Gasteiger partial charge in [0.1, 0.15) is 5.82 Å². The van der Waals surface area contributed by atoms with Crippen LogP contribution < -0.4 is 4.90 Å². The van der Waals surface area contributed by atoms with Crippen molar-refractivity contribution in [1.82, 2.24) is 9.21 Å². The molecule has 0 saturated carbocycles. The lowest BCUT2D eigenvalue weighted by atomic mass is 10.2. The zero-order valence-electron chi connectivity index (χ0n) is 16.7. The van der Waals surface area contributed by atoms with Crippen LogP contribution in [0.5, 0.6) is 0 Å². The Hall–Kier alpha value is -2.29. The number of hydrogen-bond acceptors (Lipinski definition) is 3. The summed E-state index contributed by atoms with van der Waals surface area (Å²) in [6.07, 6.45) is 0. The van der Waals surface area contributed by atoms with E-state index in [9.17, 15) is 17.6 Å². The highest BCUT2D eigenvalue weighted by atomic mass is 32.2. The molecule has 1 heterocycles. The maximum Gasteiger partial charge on any atom is 0.280 e. The second-order valence-electron chi connectivity index (χ2n) is 7.42. The first-order valence-corrected chi connectivity index (χ1v) is 11.1. The fraction of sp³-hybridized carbons (Fsp3) is 0.381. The van der Waals surface area contributed by atoms with E-state index >= 15 is 0 Å². The number of quaternary nitrogens is 1. The average molecular weight is 421 g/mol. The summed E-state index contributed by atoms with van der Waals surface area (Å²) in [6.45, 7) is 4.19. The number of amides is 1. The van der Waals surface area contributed by atoms with Gasteiger partial charge in [0, 0.05) is 13.6 Å². The highest BCUT2D eigenvalue weighted by molar-refractivity contribution is 7.89. The first-order chi connectivity index (χ1) is 13.8. The summed E-state index contributed by atoms with van der Waals surface area (Å²) in [5, 5.41) is 0. The normalized spacial score (nSPS) is 17.1. The summed E-state index contributed by atoms with van der Waals surface area (Å²) in [4.78, 5) is 15.7. The third-order valence-corrected chi connectivity index (χ3v) is 7.35. The van der Waals surface area contributed by atoms with E-state index in [0.29, 0.717) is 32.7 Å². The Morgan fingerprint density at radius 2 is 1.69 bits per heavy atom. The zero-order chi connectivity index (χ0) is 21.0. The lowest BCUT2D eigenvalue weighted by molar-refractivity contribution is -0.918. The number of rotatable bonds is 6. The van der Waals surface area contributed by atoms with E-state index in [-0.39, 0.29) is 16.8 Å². The van der Waals surface area contributed by atoms with Gasteiger partial charge in [0.25, 0.3) is 5.91 Å². The number of carbonyl (C=O) groups is 1. The fourth-order valence-electron chi connectivity index (χ4n) is 3.64. The van der Waals surface area contributed by atoms with Crippen LogP contribution in [0, 0.1) is 5.82 Å². The van der Waals surface area contributed by atoms with Crippen molar-refractivity contribution in [2.75, 3.05) is 33.2 Å². The van der Waals surface area contributed by atoms with Gasteiger partial charge in [0.15, 0.2) is 6.04 Å². The number of benzene rings is 2. The standard InChI is InChI=1S/C21H26FN3O3S/c1-17(21(26)23(2)16-18-6-4-3-5-7-18)24-12-14-25(15-13-24)29(27,28)20-10-8-19(22)9-11-20/h3-11,17H,12-16H2,1-2H3/p+1/t17-/m0/s1. The highest BCUT2D eigenvalue weighted by Gasteiger charge is 2.35. The van der Waals surface area contributed by atoms with Crippen LogP contribution in [0.25, 0.3) is 0 Å². The van der Waals surface area contributed by atoms with Crippen molar-refractivity contribution < 1.29 is 22.5 Å². The van der Waals surface area contributed by atoms with Crippen LogP contribution in [0.15, 0.2) is 59.5 Å². The van der Waals surface area contributed by atoms with E-state index in [1.165, 1.54) is 16.4 Å². The Labute approximate surface area is 171 Å². The molecule has 0 unspecified atom stereocenters. The number of nitrogens with zero attached hydrogens (tertiary/aromatic N) is 2. The van der Waals surface area contributed by atoms with Crippen LogP contribution in [0.1, 0.15) is 12.5 Å². The highest BCUT2D eigenvalue weighted by Crippen LogP contribution is 2.16. The molecule has 1 N–H and O–H groups in total. The second-order valence-corrected chi connectivity index (χ2v) is 9.36. The van der Waals surface area contributed by atoms with Crippen molar-refractivity contribution in [1.29, 1.82) is 0 Å². The van der Waals surface area contributed by atoms with Crippen molar-refractivity contribution in [2.24, 2.45) is 0 Å². The van der Waals surface area contributed by atoms with E-state index < -0.39 is 15.8 Å². The van der Waals surface area contributed by atoms with Crippen molar-refractivity contribution in [3.8, 4) is 0 Å². The smallest absolute Gasteiger partial charge is 0.280 e. The number of halogens is 1. The molecule has 1 atom stereocenters. The van der Waals surface area contributed by atoms with Gasteiger partial charge in [-0.05, 0) is 36.8 Å². The number of likely N-dealkylation sites (N-methyl/N-ethyl adjacent to an activating group) is 1. The molecule has 0 radical (unpaired) electrons. The minimum absolute atomic E-state index is 0.0405. The maximum absolute atomic E-state index is 13.1. The van der Waals surface area contributed by atoms with Crippen LogP contribution in [0.2, 0.25) is 0 Å². The molecule has 1 amide bonds. The first-order valence-electron chi connectivity index (χ1n) is 9.68. The molecule has 1 aliphatic heterocycles. The van der Waals surface area contributed by atoms with Crippen molar-refractivity contribution in [3.05, 3.63) is 66.0 Å². The van der Waals surface area contributed by atoms with Gasteiger partial charge in [-0.15, -0.1) is 0 Å². The minimum Gasteiger partial charge on any atom is -0.336 e. The van der Waals surface area contributed by atoms with E-state index in [1.807, 2.05) is 37.3 Å². The van der Waals surface area contributed by atoms with Gasteiger partial charge in [0.2, 0.25) is 10.0 Å². The molecule has 0 bridgehead atoms. The average Bonchev–Trinajstić information content (AvgIpc) is 2.73. The zero-order valence-corrected chi connectivity index (χ0v) is 17.5. The summed E-state index contributed by atoms with van der Waals surface area (Å²) in [5.41, 5.74) is 1.07. The van der Waals surface area contributed by atoms with Crippen LogP contribution in [0.4, 0.5) is 4.39 Å². The lowest BCUT2D eigenvalue weighted by Gasteiger charge is -2.35. The fourth-order valence-corrected chi connectivity index (χ4v) is 5.08. The molecule has 0 aromatic heterocycles. The Bertz CT molecular complexity index is 927. The van der Waals surface area contributed by atoms with E-state index in [2.05, 4.69) is 0 Å². The summed E-state index contributed by atoms with van der Waals surface area (Å²) >= 11 is 0. The lowest BCUT2D eigenvalue weighted by Crippen LogP contribution is -3.19. The number of carbonyl (C=O) groups excluding carboxylic acids is 1. The van der Waals surface area contributed by atoms with Crippen molar-refractivity contribution in [3.63, 3.8) is 0 Å². The first kappa shape index (κ1) is 21.4. The van der Waals surface area contributed by atoms with Crippen LogP contribution in [0.3, 0.4) is 0 Å². The molecule has 29 heavy (non-hydrogen) atoms. The Morgan fingerprint density at radius 3 is 2.28 bits per heavy atom. The monoisotopic (exact) mass is 420 g/mol. The molecule has 8 heteroatoms. The number of piperazine rings is 1.